The number of nitrogens with zero attached hydrogens (tertiary/aromatic N) is 1. The molecule has 0 saturated heterocycles. The van der Waals surface area contributed by atoms with E-state index in [0.29, 0.717) is 12.0 Å². The Balaban J connectivity index is 1.70. The lowest BCUT2D eigenvalue weighted by Gasteiger charge is -2.12. The maximum atomic E-state index is 13.2. The first-order chi connectivity index (χ1) is 15.8. The zero-order chi connectivity index (χ0) is 23.5. The SMILES string of the molecule is O=C(NNC(=O)c1cc(C(=O)O)c(O)c2ncc(Cc3ccc(F)cc3)cc12)c1ccco1. The van der Waals surface area contributed by atoms with E-state index in [0.717, 1.165) is 11.6 Å². The molecular formula is C23H16FN3O6. The number of phenols is 1. The van der Waals surface area contributed by atoms with Gasteiger partial charge in [-0.2, -0.15) is 0 Å². The summed E-state index contributed by atoms with van der Waals surface area (Å²) in [7, 11) is 0. The van der Waals surface area contributed by atoms with Crippen molar-refractivity contribution in [1.82, 2.24) is 15.8 Å². The molecular weight excluding hydrogens is 433 g/mol. The number of nitrogens with one attached hydrogen (secondary N) is 2. The van der Waals surface area contributed by atoms with Crippen molar-refractivity contribution < 1.29 is 33.4 Å². The van der Waals surface area contributed by atoms with Crippen LogP contribution in [0, 0.1) is 5.82 Å². The highest BCUT2D eigenvalue weighted by Crippen LogP contribution is 2.31. The summed E-state index contributed by atoms with van der Waals surface area (Å²) in [6, 6.07) is 11.3. The first kappa shape index (κ1) is 21.5. The van der Waals surface area contributed by atoms with Crippen LogP contribution in [0.25, 0.3) is 10.9 Å². The predicted molar refractivity (Wildman–Crippen MR) is 113 cm³/mol. The van der Waals surface area contributed by atoms with Crippen molar-refractivity contribution in [3.63, 3.8) is 0 Å². The van der Waals surface area contributed by atoms with Crippen LogP contribution < -0.4 is 10.9 Å². The van der Waals surface area contributed by atoms with E-state index in [4.69, 9.17) is 4.42 Å². The van der Waals surface area contributed by atoms with Crippen molar-refractivity contribution in [2.45, 2.75) is 6.42 Å². The quantitative estimate of drug-likeness (QED) is 0.343. The molecule has 0 atom stereocenters. The van der Waals surface area contributed by atoms with Crippen molar-refractivity contribution in [3.8, 4) is 5.75 Å². The monoisotopic (exact) mass is 449 g/mol. The number of fused-ring (bicyclic) bond motifs is 1. The van der Waals surface area contributed by atoms with Gasteiger partial charge in [0.25, 0.3) is 5.91 Å². The lowest BCUT2D eigenvalue weighted by molar-refractivity contribution is 0.0693. The summed E-state index contributed by atoms with van der Waals surface area (Å²) < 4.78 is 18.1. The van der Waals surface area contributed by atoms with Crippen LogP contribution in [0.5, 0.6) is 5.75 Å². The molecule has 0 aliphatic heterocycles. The molecule has 0 spiro atoms. The van der Waals surface area contributed by atoms with Crippen molar-refractivity contribution in [3.05, 3.63) is 94.8 Å². The minimum absolute atomic E-state index is 0.0414. The van der Waals surface area contributed by atoms with Crippen molar-refractivity contribution >= 4 is 28.7 Å². The van der Waals surface area contributed by atoms with E-state index in [1.54, 1.807) is 18.2 Å². The Morgan fingerprint density at radius 3 is 2.36 bits per heavy atom. The second-order valence-electron chi connectivity index (χ2n) is 7.05. The standard InChI is InChI=1S/C23H16FN3O6/c24-14-5-3-12(4-6-14)8-13-9-15-16(10-17(23(31)32)20(28)19(15)25-11-13)21(29)26-27-22(30)18-2-1-7-33-18/h1-7,9-11,28H,8H2,(H,26,29)(H,27,30)(H,31,32). The maximum Gasteiger partial charge on any atom is 0.339 e. The highest BCUT2D eigenvalue weighted by atomic mass is 19.1. The van der Waals surface area contributed by atoms with E-state index in [-0.39, 0.29) is 28.0 Å². The second-order valence-corrected chi connectivity index (χ2v) is 7.05. The van der Waals surface area contributed by atoms with Crippen LogP contribution in [0.1, 0.15) is 42.4 Å². The number of aromatic carboxylic acids is 1. The molecule has 4 aromatic rings. The zero-order valence-corrected chi connectivity index (χ0v) is 16.8. The minimum atomic E-state index is -1.46. The fourth-order valence-electron chi connectivity index (χ4n) is 3.26. The fraction of sp³-hybridized carbons (Fsp3) is 0.0435. The van der Waals surface area contributed by atoms with Gasteiger partial charge in [-0.3, -0.25) is 25.4 Å². The van der Waals surface area contributed by atoms with Crippen LogP contribution in [0.3, 0.4) is 0 Å². The number of rotatable bonds is 5. The number of carbonyl (C=O) groups excluding carboxylic acids is 2. The van der Waals surface area contributed by atoms with Gasteiger partial charge in [0.2, 0.25) is 0 Å². The number of aromatic nitrogens is 1. The van der Waals surface area contributed by atoms with Crippen LogP contribution in [-0.2, 0) is 6.42 Å². The molecule has 4 rings (SSSR count). The first-order valence-corrected chi connectivity index (χ1v) is 9.60. The smallest absolute Gasteiger partial charge is 0.339 e. The Kier molecular flexibility index (Phi) is 5.73. The molecule has 4 N–H and O–H groups in total. The molecule has 0 aliphatic carbocycles. The molecule has 2 heterocycles. The molecule has 10 heteroatoms. The molecule has 166 valence electrons. The number of furan rings is 1. The van der Waals surface area contributed by atoms with Crippen molar-refractivity contribution in [2.75, 3.05) is 0 Å². The third kappa shape index (κ3) is 4.49. The lowest BCUT2D eigenvalue weighted by atomic mass is 9.99. The van der Waals surface area contributed by atoms with Gasteiger partial charge in [0.15, 0.2) is 11.5 Å². The van der Waals surface area contributed by atoms with Crippen LogP contribution in [0.2, 0.25) is 0 Å². The zero-order valence-electron chi connectivity index (χ0n) is 16.8. The molecule has 0 bridgehead atoms. The fourth-order valence-corrected chi connectivity index (χ4v) is 3.26. The predicted octanol–water partition coefficient (Wildman–Crippen LogP) is 3.04. The lowest BCUT2D eigenvalue weighted by Crippen LogP contribution is -2.41. The number of hydrazine groups is 1. The summed E-state index contributed by atoms with van der Waals surface area (Å²) in [5.41, 5.74) is 5.03. The van der Waals surface area contributed by atoms with Gasteiger partial charge in [0.05, 0.1) is 11.8 Å². The van der Waals surface area contributed by atoms with Crippen molar-refractivity contribution in [1.29, 1.82) is 0 Å². The number of pyridine rings is 1. The van der Waals surface area contributed by atoms with Crippen molar-refractivity contribution in [2.24, 2.45) is 0 Å². The highest BCUT2D eigenvalue weighted by Gasteiger charge is 2.22. The van der Waals surface area contributed by atoms with Crippen LogP contribution >= 0.6 is 0 Å². The average molecular weight is 449 g/mol. The topological polar surface area (TPSA) is 142 Å². The molecule has 2 amide bonds. The van der Waals surface area contributed by atoms with Gasteiger partial charge < -0.3 is 14.6 Å². The largest absolute Gasteiger partial charge is 0.505 e. The summed E-state index contributed by atoms with van der Waals surface area (Å²) in [5, 5.41) is 20.0. The third-order valence-corrected chi connectivity index (χ3v) is 4.83. The Bertz CT molecular complexity index is 1370. The number of benzene rings is 2. The van der Waals surface area contributed by atoms with Crippen LogP contribution in [-0.4, -0.2) is 33.0 Å². The Labute approximate surface area is 185 Å². The summed E-state index contributed by atoms with van der Waals surface area (Å²) >= 11 is 0. The molecule has 0 aliphatic rings. The van der Waals surface area contributed by atoms with Gasteiger partial charge in [-0.15, -0.1) is 0 Å². The van der Waals surface area contributed by atoms with E-state index in [2.05, 4.69) is 15.8 Å². The van der Waals surface area contributed by atoms with Gasteiger partial charge in [-0.1, -0.05) is 12.1 Å². The molecule has 0 radical (unpaired) electrons. The molecule has 0 fully saturated rings. The molecule has 9 nitrogen and oxygen atoms in total. The summed E-state index contributed by atoms with van der Waals surface area (Å²) in [6.45, 7) is 0. The van der Waals surface area contributed by atoms with Gasteiger partial charge in [-0.05, 0) is 53.9 Å². The summed E-state index contributed by atoms with van der Waals surface area (Å²) in [5.74, 6) is -4.02. The van der Waals surface area contributed by atoms with E-state index in [9.17, 15) is 29.0 Å². The van der Waals surface area contributed by atoms with E-state index in [1.807, 2.05) is 0 Å². The molecule has 33 heavy (non-hydrogen) atoms. The normalized spacial score (nSPS) is 10.7. The summed E-state index contributed by atoms with van der Waals surface area (Å²) in [6.07, 6.45) is 3.07. The number of amides is 2. The Hall–Kier alpha value is -4.73. The molecule has 0 unspecified atom stereocenters. The molecule has 2 aromatic carbocycles. The van der Waals surface area contributed by atoms with Crippen LogP contribution in [0.15, 0.2) is 65.4 Å². The van der Waals surface area contributed by atoms with Crippen LogP contribution in [0.4, 0.5) is 4.39 Å². The number of aromatic hydroxyl groups is 1. The number of hydrogen-bond acceptors (Lipinski definition) is 6. The maximum absolute atomic E-state index is 13.2. The first-order valence-electron chi connectivity index (χ1n) is 9.60. The number of carboxylic acid groups (broad SMARTS) is 1. The number of carbonyl (C=O) groups is 3. The van der Waals surface area contributed by atoms with Gasteiger partial charge in [-0.25, -0.2) is 9.18 Å². The average Bonchev–Trinajstić information content (AvgIpc) is 3.34. The minimum Gasteiger partial charge on any atom is -0.505 e. The van der Waals surface area contributed by atoms with E-state index in [1.165, 1.54) is 36.7 Å². The Morgan fingerprint density at radius 2 is 1.70 bits per heavy atom. The second kappa shape index (κ2) is 8.79. The highest BCUT2D eigenvalue weighted by molar-refractivity contribution is 6.12. The van der Waals surface area contributed by atoms with Gasteiger partial charge >= 0.3 is 11.9 Å². The van der Waals surface area contributed by atoms with E-state index < -0.39 is 29.1 Å². The number of carboxylic acids is 1. The Morgan fingerprint density at radius 1 is 0.970 bits per heavy atom. The van der Waals surface area contributed by atoms with Gasteiger partial charge in [0, 0.05) is 11.6 Å². The number of halogens is 1. The summed E-state index contributed by atoms with van der Waals surface area (Å²) in [4.78, 5) is 40.6. The van der Waals surface area contributed by atoms with E-state index >= 15 is 0 Å². The molecule has 0 saturated carbocycles. The van der Waals surface area contributed by atoms with Gasteiger partial charge in [0.1, 0.15) is 16.9 Å². The molecule has 2 aromatic heterocycles. The number of hydrogen-bond donors (Lipinski definition) is 4. The third-order valence-electron chi connectivity index (χ3n) is 4.83.